The number of likely N-dealkylation sites (N-methyl/N-ethyl adjacent to an activating group) is 1. The first-order valence-electron chi connectivity index (χ1n) is 11.3. The van der Waals surface area contributed by atoms with Gasteiger partial charge in [0.25, 0.3) is 5.56 Å². The van der Waals surface area contributed by atoms with Gasteiger partial charge in [-0.1, -0.05) is 23.7 Å². The largest absolute Gasteiger partial charge is 0.417 e. The Bertz CT molecular complexity index is 1240. The van der Waals surface area contributed by atoms with E-state index in [1.165, 1.54) is 12.3 Å². The molecule has 0 bridgehead atoms. The van der Waals surface area contributed by atoms with Crippen LogP contribution in [0.1, 0.15) is 5.56 Å². The SMILES string of the molecule is CN1CCN(c2ccc(NC(=O)Oc3c(NCCc4cccc(Cl)c4)cc[nH]c3=O)cc2F)CC1. The van der Waals surface area contributed by atoms with Gasteiger partial charge in [-0.15, -0.1) is 0 Å². The van der Waals surface area contributed by atoms with Crippen LogP contribution in [0.3, 0.4) is 0 Å². The maximum Gasteiger partial charge on any atom is 0.417 e. The molecule has 1 aliphatic heterocycles. The molecule has 1 amide bonds. The second-order valence-electron chi connectivity index (χ2n) is 8.33. The number of rotatable bonds is 7. The Kier molecular flexibility index (Phi) is 7.89. The number of anilines is 3. The van der Waals surface area contributed by atoms with Crippen molar-refractivity contribution < 1.29 is 13.9 Å². The van der Waals surface area contributed by atoms with E-state index < -0.39 is 17.5 Å². The van der Waals surface area contributed by atoms with Crippen molar-refractivity contribution >= 4 is 34.8 Å². The second kappa shape index (κ2) is 11.2. The average molecular weight is 500 g/mol. The lowest BCUT2D eigenvalue weighted by molar-refractivity contribution is 0.214. The quantitative estimate of drug-likeness (QED) is 0.452. The zero-order valence-corrected chi connectivity index (χ0v) is 20.1. The molecule has 1 aliphatic rings. The maximum atomic E-state index is 14.7. The number of piperazine rings is 1. The van der Waals surface area contributed by atoms with E-state index in [0.29, 0.717) is 29.4 Å². The number of aromatic nitrogens is 1. The summed E-state index contributed by atoms with van der Waals surface area (Å²) in [6.07, 6.45) is 1.21. The van der Waals surface area contributed by atoms with Crippen molar-refractivity contribution in [2.75, 3.05) is 55.3 Å². The molecule has 4 rings (SSSR count). The summed E-state index contributed by atoms with van der Waals surface area (Å²) in [5.41, 5.74) is 1.54. The van der Waals surface area contributed by atoms with Crippen LogP contribution in [-0.2, 0) is 6.42 Å². The lowest BCUT2D eigenvalue weighted by Crippen LogP contribution is -2.44. The highest BCUT2D eigenvalue weighted by molar-refractivity contribution is 6.30. The topological polar surface area (TPSA) is 89.7 Å². The molecule has 1 fully saturated rings. The predicted octanol–water partition coefficient (Wildman–Crippen LogP) is 4.18. The number of H-pyrrole nitrogens is 1. The summed E-state index contributed by atoms with van der Waals surface area (Å²) in [7, 11) is 2.03. The van der Waals surface area contributed by atoms with Gasteiger partial charge < -0.3 is 24.8 Å². The summed E-state index contributed by atoms with van der Waals surface area (Å²) in [6.45, 7) is 3.65. The number of nitrogens with zero attached hydrogens (tertiary/aromatic N) is 2. The Morgan fingerprint density at radius 2 is 1.94 bits per heavy atom. The number of benzene rings is 2. The number of halogens is 2. The van der Waals surface area contributed by atoms with Crippen molar-refractivity contribution in [2.45, 2.75) is 6.42 Å². The van der Waals surface area contributed by atoms with Gasteiger partial charge in [0, 0.05) is 49.6 Å². The highest BCUT2D eigenvalue weighted by atomic mass is 35.5. The first-order chi connectivity index (χ1) is 16.9. The van der Waals surface area contributed by atoms with E-state index >= 15 is 0 Å². The molecule has 0 radical (unpaired) electrons. The third-order valence-corrected chi connectivity index (χ3v) is 6.00. The van der Waals surface area contributed by atoms with E-state index in [0.717, 1.165) is 31.7 Å². The summed E-state index contributed by atoms with van der Waals surface area (Å²) in [6, 6.07) is 13.6. The smallest absolute Gasteiger partial charge is 0.402 e. The van der Waals surface area contributed by atoms with Crippen LogP contribution in [0.5, 0.6) is 5.75 Å². The summed E-state index contributed by atoms with van der Waals surface area (Å²) in [5, 5.41) is 6.24. The van der Waals surface area contributed by atoms with Gasteiger partial charge in [0.05, 0.1) is 11.4 Å². The number of nitrogens with one attached hydrogen (secondary N) is 3. The van der Waals surface area contributed by atoms with Crippen LogP contribution < -0.4 is 25.8 Å². The molecule has 0 unspecified atom stereocenters. The number of ether oxygens (including phenoxy) is 1. The third-order valence-electron chi connectivity index (χ3n) is 5.77. The fraction of sp³-hybridized carbons (Fsp3) is 0.280. The molecular weight excluding hydrogens is 473 g/mol. The molecule has 1 saturated heterocycles. The van der Waals surface area contributed by atoms with Crippen molar-refractivity contribution in [1.82, 2.24) is 9.88 Å². The third kappa shape index (κ3) is 6.52. The Morgan fingerprint density at radius 3 is 2.69 bits per heavy atom. The molecule has 0 aliphatic carbocycles. The van der Waals surface area contributed by atoms with Gasteiger partial charge in [-0.25, -0.2) is 9.18 Å². The van der Waals surface area contributed by atoms with E-state index in [9.17, 15) is 14.0 Å². The molecule has 2 aromatic carbocycles. The zero-order chi connectivity index (χ0) is 24.8. The molecule has 10 heteroatoms. The Balaban J connectivity index is 1.38. The van der Waals surface area contributed by atoms with Crippen LogP contribution in [0.4, 0.5) is 26.2 Å². The van der Waals surface area contributed by atoms with E-state index in [-0.39, 0.29) is 11.4 Å². The standard InChI is InChI=1S/C25H27ClFN5O3/c1-31-11-13-32(14-12-31)22-6-5-19(16-20(22)27)30-25(34)35-23-21(8-10-29-24(23)33)28-9-7-17-3-2-4-18(26)15-17/h2-6,8,10,15-16H,7,9,11-14H2,1H3,(H,30,34)(H2,28,29,33). The van der Waals surface area contributed by atoms with Gasteiger partial charge >= 0.3 is 6.09 Å². The van der Waals surface area contributed by atoms with Gasteiger partial charge in [0.2, 0.25) is 5.75 Å². The van der Waals surface area contributed by atoms with E-state index in [1.54, 1.807) is 24.3 Å². The fourth-order valence-electron chi connectivity index (χ4n) is 3.86. The first kappa shape index (κ1) is 24.6. The molecule has 0 atom stereocenters. The average Bonchev–Trinajstić information content (AvgIpc) is 2.82. The highest BCUT2D eigenvalue weighted by Gasteiger charge is 2.19. The Labute approximate surface area is 207 Å². The monoisotopic (exact) mass is 499 g/mol. The van der Waals surface area contributed by atoms with Crippen molar-refractivity contribution in [3.05, 3.63) is 81.5 Å². The minimum Gasteiger partial charge on any atom is -0.402 e. The molecule has 1 aromatic heterocycles. The molecular formula is C25H27ClFN5O3. The fourth-order valence-corrected chi connectivity index (χ4v) is 4.08. The van der Waals surface area contributed by atoms with Crippen LogP contribution in [-0.4, -0.2) is 55.7 Å². The maximum absolute atomic E-state index is 14.7. The number of carbonyl (C=O) groups excluding carboxylic acids is 1. The number of amides is 1. The summed E-state index contributed by atoms with van der Waals surface area (Å²) < 4.78 is 20.0. The van der Waals surface area contributed by atoms with Gasteiger partial charge in [0.1, 0.15) is 5.82 Å². The molecule has 2 heterocycles. The molecule has 184 valence electrons. The number of aromatic amines is 1. The van der Waals surface area contributed by atoms with Crippen molar-refractivity contribution in [2.24, 2.45) is 0 Å². The predicted molar refractivity (Wildman–Crippen MR) is 136 cm³/mol. The summed E-state index contributed by atoms with van der Waals surface area (Å²) >= 11 is 6.02. The lowest BCUT2D eigenvalue weighted by Gasteiger charge is -2.34. The Morgan fingerprint density at radius 1 is 1.14 bits per heavy atom. The highest BCUT2D eigenvalue weighted by Crippen LogP contribution is 2.25. The minimum atomic E-state index is -0.897. The molecule has 8 nitrogen and oxygen atoms in total. The second-order valence-corrected chi connectivity index (χ2v) is 8.76. The van der Waals surface area contributed by atoms with Crippen LogP contribution >= 0.6 is 11.6 Å². The molecule has 3 aromatic rings. The van der Waals surface area contributed by atoms with Gasteiger partial charge in [-0.3, -0.25) is 10.1 Å². The van der Waals surface area contributed by atoms with Crippen molar-refractivity contribution in [3.63, 3.8) is 0 Å². The van der Waals surface area contributed by atoms with Crippen LogP contribution in [0.2, 0.25) is 5.02 Å². The minimum absolute atomic E-state index is 0.175. The first-order valence-corrected chi connectivity index (χ1v) is 11.7. The summed E-state index contributed by atoms with van der Waals surface area (Å²) in [4.78, 5) is 31.5. The molecule has 35 heavy (non-hydrogen) atoms. The molecule has 0 saturated carbocycles. The van der Waals surface area contributed by atoms with Gasteiger partial charge in [-0.2, -0.15) is 0 Å². The number of hydrogen-bond acceptors (Lipinski definition) is 6. The van der Waals surface area contributed by atoms with Crippen molar-refractivity contribution in [3.8, 4) is 5.75 Å². The van der Waals surface area contributed by atoms with Crippen LogP contribution in [0.25, 0.3) is 0 Å². The number of carbonyl (C=O) groups is 1. The van der Waals surface area contributed by atoms with E-state index in [1.807, 2.05) is 30.1 Å². The molecule has 0 spiro atoms. The Hall–Kier alpha value is -3.56. The number of hydrogen-bond donors (Lipinski definition) is 3. The van der Waals surface area contributed by atoms with Gasteiger partial charge in [0.15, 0.2) is 0 Å². The van der Waals surface area contributed by atoms with Crippen LogP contribution in [0.15, 0.2) is 59.5 Å². The summed E-state index contributed by atoms with van der Waals surface area (Å²) in [5.74, 6) is -0.612. The normalized spacial score (nSPS) is 14.0. The van der Waals surface area contributed by atoms with Crippen molar-refractivity contribution in [1.29, 1.82) is 0 Å². The number of pyridine rings is 1. The lowest BCUT2D eigenvalue weighted by atomic mass is 10.1. The molecule has 3 N–H and O–H groups in total. The zero-order valence-electron chi connectivity index (χ0n) is 19.3. The van der Waals surface area contributed by atoms with E-state index in [2.05, 4.69) is 20.5 Å². The van der Waals surface area contributed by atoms with Gasteiger partial charge in [-0.05, 0) is 55.4 Å². The van der Waals surface area contributed by atoms with Crippen LogP contribution in [0, 0.1) is 5.82 Å². The van der Waals surface area contributed by atoms with E-state index in [4.69, 9.17) is 16.3 Å².